The summed E-state index contributed by atoms with van der Waals surface area (Å²) in [6.45, 7) is 0. The topological polar surface area (TPSA) is 43.8 Å². The van der Waals surface area contributed by atoms with Gasteiger partial charge in [0.05, 0.1) is 16.4 Å². The molecule has 70 valence electrons. The maximum atomic E-state index is 5.81. The summed E-state index contributed by atoms with van der Waals surface area (Å²) in [7, 11) is 1.95. The van der Waals surface area contributed by atoms with E-state index < -0.39 is 0 Å². The predicted octanol–water partition coefficient (Wildman–Crippen LogP) is 1.69. The second-order valence-electron chi connectivity index (χ2n) is 3.36. The molecule has 1 unspecified atom stereocenters. The minimum Gasteiger partial charge on any atom is -0.324 e. The Labute approximate surface area is 85.7 Å². The average molecular weight is 242 g/mol. The van der Waals surface area contributed by atoms with Gasteiger partial charge in [0.1, 0.15) is 0 Å². The average Bonchev–Trinajstić information content (AvgIpc) is 2.60. The number of hydrogen-bond donors (Lipinski definition) is 1. The van der Waals surface area contributed by atoms with Gasteiger partial charge < -0.3 is 5.73 Å². The number of aromatic nitrogens is 2. The van der Waals surface area contributed by atoms with Crippen molar-refractivity contribution in [1.82, 2.24) is 9.78 Å². The molecular formula is C9H12BrN3. The minimum absolute atomic E-state index is 0.219. The highest BCUT2D eigenvalue weighted by atomic mass is 79.9. The predicted molar refractivity (Wildman–Crippen MR) is 56.1 cm³/mol. The Morgan fingerprint density at radius 2 is 2.46 bits per heavy atom. The first kappa shape index (κ1) is 8.97. The summed E-state index contributed by atoms with van der Waals surface area (Å²) in [6, 6.07) is 0.219. The lowest BCUT2D eigenvalue weighted by molar-refractivity contribution is 0.747. The second kappa shape index (κ2) is 3.27. The standard InChI is InChI=1S/C9H12BrN3/c1-13-9(8(10)5-12-13)6-2-3-7(11)4-6/h4-5,7H,2-3,11H2,1H3. The normalized spacial score (nSPS) is 22.1. The van der Waals surface area contributed by atoms with Gasteiger partial charge in [-0.15, -0.1) is 0 Å². The lowest BCUT2D eigenvalue weighted by Crippen LogP contribution is -2.11. The summed E-state index contributed by atoms with van der Waals surface area (Å²) >= 11 is 3.48. The Bertz CT molecular complexity index is 334. The number of halogens is 1. The summed E-state index contributed by atoms with van der Waals surface area (Å²) in [5.74, 6) is 0. The number of hydrogen-bond acceptors (Lipinski definition) is 2. The lowest BCUT2D eigenvalue weighted by atomic mass is 10.2. The first-order chi connectivity index (χ1) is 6.18. The monoisotopic (exact) mass is 241 g/mol. The van der Waals surface area contributed by atoms with Crippen LogP contribution in [0.1, 0.15) is 18.5 Å². The van der Waals surface area contributed by atoms with Gasteiger partial charge in [0.25, 0.3) is 0 Å². The smallest absolute Gasteiger partial charge is 0.0778 e. The fourth-order valence-corrected chi connectivity index (χ4v) is 2.32. The third-order valence-corrected chi connectivity index (χ3v) is 2.94. The van der Waals surface area contributed by atoms with Gasteiger partial charge in [-0.3, -0.25) is 4.68 Å². The molecule has 2 N–H and O–H groups in total. The Balaban J connectivity index is 2.40. The van der Waals surface area contributed by atoms with Crippen LogP contribution in [-0.2, 0) is 7.05 Å². The quantitative estimate of drug-likeness (QED) is 0.814. The number of rotatable bonds is 1. The van der Waals surface area contributed by atoms with Gasteiger partial charge >= 0.3 is 0 Å². The largest absolute Gasteiger partial charge is 0.324 e. The van der Waals surface area contributed by atoms with E-state index in [2.05, 4.69) is 27.1 Å². The maximum absolute atomic E-state index is 5.81. The zero-order valence-corrected chi connectivity index (χ0v) is 9.08. The molecule has 0 bridgehead atoms. The van der Waals surface area contributed by atoms with E-state index in [-0.39, 0.29) is 6.04 Å². The van der Waals surface area contributed by atoms with E-state index in [0.29, 0.717) is 0 Å². The van der Waals surface area contributed by atoms with Gasteiger partial charge in [0.2, 0.25) is 0 Å². The molecule has 1 aliphatic carbocycles. The van der Waals surface area contributed by atoms with Gasteiger partial charge in [-0.25, -0.2) is 0 Å². The van der Waals surface area contributed by atoms with Gasteiger partial charge in [0, 0.05) is 13.1 Å². The van der Waals surface area contributed by atoms with Crippen molar-refractivity contribution in [1.29, 1.82) is 0 Å². The fraction of sp³-hybridized carbons (Fsp3) is 0.444. The number of aryl methyl sites for hydroxylation is 1. The van der Waals surface area contributed by atoms with Crippen LogP contribution in [0, 0.1) is 0 Å². The van der Waals surface area contributed by atoms with Crippen LogP contribution in [0.2, 0.25) is 0 Å². The second-order valence-corrected chi connectivity index (χ2v) is 4.21. The number of nitrogens with zero attached hydrogens (tertiary/aromatic N) is 2. The molecule has 4 heteroatoms. The van der Waals surface area contributed by atoms with Gasteiger partial charge in [0.15, 0.2) is 0 Å². The summed E-state index contributed by atoms with van der Waals surface area (Å²) < 4.78 is 2.93. The highest BCUT2D eigenvalue weighted by Crippen LogP contribution is 2.31. The molecule has 1 heterocycles. The van der Waals surface area contributed by atoms with Crippen LogP contribution < -0.4 is 5.73 Å². The number of allylic oxidation sites excluding steroid dienone is 1. The van der Waals surface area contributed by atoms with Gasteiger partial charge in [-0.05, 0) is 34.3 Å². The molecule has 1 atom stereocenters. The molecule has 0 amide bonds. The van der Waals surface area contributed by atoms with Crippen LogP contribution >= 0.6 is 15.9 Å². The highest BCUT2D eigenvalue weighted by Gasteiger charge is 2.18. The third-order valence-electron chi connectivity index (χ3n) is 2.36. The molecule has 0 radical (unpaired) electrons. The molecule has 13 heavy (non-hydrogen) atoms. The van der Waals surface area contributed by atoms with E-state index in [4.69, 9.17) is 5.73 Å². The molecule has 0 spiro atoms. The maximum Gasteiger partial charge on any atom is 0.0778 e. The molecule has 1 aliphatic rings. The Morgan fingerprint density at radius 3 is 2.92 bits per heavy atom. The van der Waals surface area contributed by atoms with Crippen LogP contribution in [0.25, 0.3) is 5.57 Å². The van der Waals surface area contributed by atoms with Crippen molar-refractivity contribution in [3.05, 3.63) is 22.4 Å². The summed E-state index contributed by atoms with van der Waals surface area (Å²) in [4.78, 5) is 0. The van der Waals surface area contributed by atoms with Crippen molar-refractivity contribution in [2.75, 3.05) is 0 Å². The van der Waals surface area contributed by atoms with Crippen molar-refractivity contribution in [3.63, 3.8) is 0 Å². The molecule has 2 rings (SSSR count). The lowest BCUT2D eigenvalue weighted by Gasteiger charge is -2.02. The summed E-state index contributed by atoms with van der Waals surface area (Å²) in [5, 5.41) is 4.17. The Morgan fingerprint density at radius 1 is 1.69 bits per heavy atom. The van der Waals surface area contributed by atoms with Crippen LogP contribution in [0.15, 0.2) is 16.7 Å². The van der Waals surface area contributed by atoms with E-state index >= 15 is 0 Å². The molecule has 1 aromatic rings. The van der Waals surface area contributed by atoms with Crippen molar-refractivity contribution < 1.29 is 0 Å². The van der Waals surface area contributed by atoms with Gasteiger partial charge in [-0.2, -0.15) is 5.10 Å². The summed E-state index contributed by atoms with van der Waals surface area (Å²) in [5.41, 5.74) is 8.28. The molecule has 3 nitrogen and oxygen atoms in total. The fourth-order valence-electron chi connectivity index (χ4n) is 1.72. The molecule has 1 aromatic heterocycles. The van der Waals surface area contributed by atoms with Crippen LogP contribution in [-0.4, -0.2) is 15.8 Å². The van der Waals surface area contributed by atoms with Crippen LogP contribution in [0.5, 0.6) is 0 Å². The van der Waals surface area contributed by atoms with Crippen molar-refractivity contribution >= 4 is 21.5 Å². The molecule has 0 fully saturated rings. The molecule has 0 saturated heterocycles. The van der Waals surface area contributed by atoms with Crippen molar-refractivity contribution in [2.24, 2.45) is 12.8 Å². The zero-order chi connectivity index (χ0) is 9.42. The Kier molecular flexibility index (Phi) is 2.26. The highest BCUT2D eigenvalue weighted by molar-refractivity contribution is 9.10. The van der Waals surface area contributed by atoms with Gasteiger partial charge in [-0.1, -0.05) is 6.08 Å². The summed E-state index contributed by atoms with van der Waals surface area (Å²) in [6.07, 6.45) is 6.05. The molecule has 0 aliphatic heterocycles. The first-order valence-corrected chi connectivity index (χ1v) is 5.12. The first-order valence-electron chi connectivity index (χ1n) is 4.32. The minimum atomic E-state index is 0.219. The molecule has 0 aromatic carbocycles. The third kappa shape index (κ3) is 1.56. The van der Waals surface area contributed by atoms with E-state index in [0.717, 1.165) is 23.0 Å². The Hall–Kier alpha value is -0.610. The zero-order valence-electron chi connectivity index (χ0n) is 7.50. The SMILES string of the molecule is Cn1ncc(Br)c1C1=CC(N)CC1. The molecule has 0 saturated carbocycles. The van der Waals surface area contributed by atoms with E-state index in [9.17, 15) is 0 Å². The van der Waals surface area contributed by atoms with Crippen molar-refractivity contribution in [3.8, 4) is 0 Å². The van der Waals surface area contributed by atoms with E-state index in [1.54, 1.807) is 0 Å². The van der Waals surface area contributed by atoms with Crippen LogP contribution in [0.4, 0.5) is 0 Å². The van der Waals surface area contributed by atoms with Crippen molar-refractivity contribution in [2.45, 2.75) is 18.9 Å². The van der Waals surface area contributed by atoms with E-state index in [1.165, 1.54) is 5.57 Å². The number of nitrogens with two attached hydrogens (primary N) is 1. The van der Waals surface area contributed by atoms with Crippen LogP contribution in [0.3, 0.4) is 0 Å². The van der Waals surface area contributed by atoms with E-state index in [1.807, 2.05) is 17.9 Å². The molecular weight excluding hydrogens is 230 g/mol.